The summed E-state index contributed by atoms with van der Waals surface area (Å²) in [5.41, 5.74) is 3.18. The Morgan fingerprint density at radius 1 is 1.24 bits per heavy atom. The number of carbonyl (C=O) groups is 1. The van der Waals surface area contributed by atoms with Crippen LogP contribution >= 0.6 is 15.9 Å². The second-order valence-corrected chi connectivity index (χ2v) is 5.51. The molecule has 0 radical (unpaired) electrons. The average Bonchev–Trinajstić information content (AvgIpc) is 2.49. The van der Waals surface area contributed by atoms with Gasteiger partial charge in [0.1, 0.15) is 5.75 Å². The molecule has 0 spiro atoms. The number of aromatic hydroxyl groups is 1. The van der Waals surface area contributed by atoms with Gasteiger partial charge in [-0.2, -0.15) is 0 Å². The van der Waals surface area contributed by atoms with E-state index in [4.69, 9.17) is 0 Å². The van der Waals surface area contributed by atoms with E-state index < -0.39 is 0 Å². The summed E-state index contributed by atoms with van der Waals surface area (Å²) >= 11 is 3.30. The van der Waals surface area contributed by atoms with Crippen molar-refractivity contribution in [3.63, 3.8) is 0 Å². The first-order chi connectivity index (χ1) is 10.0. The van der Waals surface area contributed by atoms with Crippen molar-refractivity contribution in [3.8, 4) is 5.75 Å². The van der Waals surface area contributed by atoms with Crippen molar-refractivity contribution in [2.75, 3.05) is 12.4 Å². The predicted octanol–water partition coefficient (Wildman–Crippen LogP) is 3.43. The number of anilines is 1. The van der Waals surface area contributed by atoms with Gasteiger partial charge in [0, 0.05) is 30.4 Å². The minimum Gasteiger partial charge on any atom is -0.506 e. The molecule has 2 aromatic carbocycles. The van der Waals surface area contributed by atoms with Gasteiger partial charge in [0.25, 0.3) is 5.91 Å². The Hall–Kier alpha value is -2.01. The van der Waals surface area contributed by atoms with Gasteiger partial charge in [0.05, 0.1) is 4.47 Å². The first-order valence-corrected chi connectivity index (χ1v) is 7.35. The lowest BCUT2D eigenvalue weighted by Crippen LogP contribution is -2.19. The summed E-state index contributed by atoms with van der Waals surface area (Å²) < 4.78 is 0.664. The van der Waals surface area contributed by atoms with Crippen LogP contribution in [0, 0.1) is 6.92 Å². The quantitative estimate of drug-likeness (QED) is 0.793. The molecule has 0 heterocycles. The number of rotatable bonds is 4. The molecule has 0 unspecified atom stereocenters. The van der Waals surface area contributed by atoms with Gasteiger partial charge in [-0.1, -0.05) is 18.2 Å². The summed E-state index contributed by atoms with van der Waals surface area (Å²) in [7, 11) is 1.61. The fraction of sp³-hybridized carbons (Fsp3) is 0.188. The summed E-state index contributed by atoms with van der Waals surface area (Å²) in [6, 6.07) is 11.0. The first-order valence-electron chi connectivity index (χ1n) is 6.56. The van der Waals surface area contributed by atoms with E-state index in [9.17, 15) is 9.90 Å². The van der Waals surface area contributed by atoms with Crippen molar-refractivity contribution in [3.05, 3.63) is 57.6 Å². The third-order valence-electron chi connectivity index (χ3n) is 3.35. The molecule has 3 N–H and O–H groups in total. The molecule has 0 saturated heterocycles. The highest BCUT2D eigenvalue weighted by atomic mass is 79.9. The van der Waals surface area contributed by atoms with Gasteiger partial charge >= 0.3 is 0 Å². The molecule has 0 bridgehead atoms. The van der Waals surface area contributed by atoms with E-state index in [2.05, 4.69) is 26.6 Å². The number of hydrogen-bond acceptors (Lipinski definition) is 3. The van der Waals surface area contributed by atoms with Crippen LogP contribution < -0.4 is 10.6 Å². The Morgan fingerprint density at radius 2 is 1.95 bits per heavy atom. The molecular formula is C16H17BrN2O2. The monoisotopic (exact) mass is 348 g/mol. The van der Waals surface area contributed by atoms with E-state index in [-0.39, 0.29) is 11.7 Å². The molecule has 110 valence electrons. The maximum atomic E-state index is 11.8. The van der Waals surface area contributed by atoms with Gasteiger partial charge in [-0.15, -0.1) is 0 Å². The molecule has 0 aliphatic rings. The average molecular weight is 349 g/mol. The minimum atomic E-state index is -0.110. The molecule has 5 heteroatoms. The second-order valence-electron chi connectivity index (χ2n) is 4.66. The molecular weight excluding hydrogens is 332 g/mol. The van der Waals surface area contributed by atoms with Crippen LogP contribution in [0.1, 0.15) is 21.5 Å². The number of para-hydroxylation sites is 1. The van der Waals surface area contributed by atoms with Crippen molar-refractivity contribution in [1.82, 2.24) is 5.32 Å². The van der Waals surface area contributed by atoms with E-state index in [1.165, 1.54) is 0 Å². The van der Waals surface area contributed by atoms with Gasteiger partial charge in [0.2, 0.25) is 0 Å². The lowest BCUT2D eigenvalue weighted by atomic mass is 10.1. The van der Waals surface area contributed by atoms with Crippen LogP contribution in [0.25, 0.3) is 0 Å². The topological polar surface area (TPSA) is 61.4 Å². The fourth-order valence-electron chi connectivity index (χ4n) is 2.10. The lowest BCUT2D eigenvalue weighted by Gasteiger charge is -2.13. The van der Waals surface area contributed by atoms with Crippen LogP contribution in [0.2, 0.25) is 0 Å². The minimum absolute atomic E-state index is 0.110. The van der Waals surface area contributed by atoms with Crippen molar-refractivity contribution in [2.24, 2.45) is 0 Å². The highest BCUT2D eigenvalue weighted by Gasteiger charge is 2.10. The molecule has 1 amide bonds. The standard InChI is InChI=1S/C16H17BrN2O2/c1-10-12(16(21)18-2)6-4-8-14(10)19-9-11-5-3-7-13(17)15(11)20/h3-8,19-20H,9H2,1-2H3,(H,18,21). The summed E-state index contributed by atoms with van der Waals surface area (Å²) in [4.78, 5) is 11.8. The number of phenols is 1. The lowest BCUT2D eigenvalue weighted by molar-refractivity contribution is 0.0962. The van der Waals surface area contributed by atoms with Crippen LogP contribution in [0.4, 0.5) is 5.69 Å². The molecule has 0 aliphatic heterocycles. The van der Waals surface area contributed by atoms with Gasteiger partial charge in [-0.05, 0) is 46.6 Å². The molecule has 0 aliphatic carbocycles. The zero-order valence-electron chi connectivity index (χ0n) is 11.9. The zero-order valence-corrected chi connectivity index (χ0v) is 13.5. The summed E-state index contributed by atoms with van der Waals surface area (Å²) in [5, 5.41) is 15.9. The van der Waals surface area contributed by atoms with Crippen LogP contribution in [-0.2, 0) is 6.54 Å². The Kier molecular flexibility index (Phi) is 4.85. The van der Waals surface area contributed by atoms with E-state index in [0.29, 0.717) is 16.6 Å². The molecule has 0 atom stereocenters. The number of nitrogens with one attached hydrogen (secondary N) is 2. The Morgan fingerprint density at radius 3 is 2.67 bits per heavy atom. The Balaban J connectivity index is 2.21. The number of hydrogen-bond donors (Lipinski definition) is 3. The van der Waals surface area contributed by atoms with E-state index in [1.54, 1.807) is 19.2 Å². The summed E-state index contributed by atoms with van der Waals surface area (Å²) in [5.74, 6) is 0.117. The number of benzene rings is 2. The number of carbonyl (C=O) groups excluding carboxylic acids is 1. The van der Waals surface area contributed by atoms with Crippen LogP contribution in [0.15, 0.2) is 40.9 Å². The molecule has 2 aromatic rings. The largest absolute Gasteiger partial charge is 0.506 e. The number of phenolic OH excluding ortho intramolecular Hbond substituents is 1. The van der Waals surface area contributed by atoms with E-state index in [1.807, 2.05) is 31.2 Å². The molecule has 2 rings (SSSR count). The molecule has 21 heavy (non-hydrogen) atoms. The second kappa shape index (κ2) is 6.63. The SMILES string of the molecule is CNC(=O)c1cccc(NCc2cccc(Br)c2O)c1C. The van der Waals surface area contributed by atoms with Crippen molar-refractivity contribution >= 4 is 27.5 Å². The predicted molar refractivity (Wildman–Crippen MR) is 87.7 cm³/mol. The van der Waals surface area contributed by atoms with Crippen molar-refractivity contribution in [2.45, 2.75) is 13.5 Å². The normalized spacial score (nSPS) is 10.2. The van der Waals surface area contributed by atoms with Gasteiger partial charge < -0.3 is 15.7 Å². The molecule has 0 saturated carbocycles. The van der Waals surface area contributed by atoms with Gasteiger partial charge in [-0.3, -0.25) is 4.79 Å². The van der Waals surface area contributed by atoms with E-state index in [0.717, 1.165) is 16.8 Å². The number of amides is 1. The van der Waals surface area contributed by atoms with Crippen molar-refractivity contribution in [1.29, 1.82) is 0 Å². The highest BCUT2D eigenvalue weighted by Crippen LogP contribution is 2.28. The number of halogens is 1. The van der Waals surface area contributed by atoms with Crippen LogP contribution in [0.5, 0.6) is 5.75 Å². The molecule has 4 nitrogen and oxygen atoms in total. The zero-order chi connectivity index (χ0) is 15.4. The maximum absolute atomic E-state index is 11.8. The van der Waals surface area contributed by atoms with Crippen LogP contribution in [-0.4, -0.2) is 18.1 Å². The third kappa shape index (κ3) is 3.36. The fourth-order valence-corrected chi connectivity index (χ4v) is 2.51. The van der Waals surface area contributed by atoms with E-state index >= 15 is 0 Å². The summed E-state index contributed by atoms with van der Waals surface area (Å²) in [6.07, 6.45) is 0. The smallest absolute Gasteiger partial charge is 0.251 e. The highest BCUT2D eigenvalue weighted by molar-refractivity contribution is 9.10. The summed E-state index contributed by atoms with van der Waals surface area (Å²) in [6.45, 7) is 2.37. The Bertz CT molecular complexity index is 671. The van der Waals surface area contributed by atoms with Gasteiger partial charge in [-0.25, -0.2) is 0 Å². The van der Waals surface area contributed by atoms with Crippen molar-refractivity contribution < 1.29 is 9.90 Å². The Labute approximate surface area is 132 Å². The molecule has 0 aromatic heterocycles. The van der Waals surface area contributed by atoms with Gasteiger partial charge in [0.15, 0.2) is 0 Å². The first kappa shape index (κ1) is 15.4. The third-order valence-corrected chi connectivity index (χ3v) is 3.99. The molecule has 0 fully saturated rings. The van der Waals surface area contributed by atoms with Crippen LogP contribution in [0.3, 0.4) is 0 Å². The maximum Gasteiger partial charge on any atom is 0.251 e.